The van der Waals surface area contributed by atoms with Gasteiger partial charge in [0.15, 0.2) is 5.82 Å². The van der Waals surface area contributed by atoms with Crippen molar-refractivity contribution < 1.29 is 13.9 Å². The van der Waals surface area contributed by atoms with E-state index in [-0.39, 0.29) is 24.0 Å². The molecule has 1 aliphatic heterocycles. The lowest BCUT2D eigenvalue weighted by atomic mass is 10.2. The fourth-order valence-electron chi connectivity index (χ4n) is 2.07. The summed E-state index contributed by atoms with van der Waals surface area (Å²) in [4.78, 5) is 15.8. The molecule has 0 spiro atoms. The van der Waals surface area contributed by atoms with Crippen molar-refractivity contribution in [2.45, 2.75) is 6.04 Å². The number of hydrogen-bond donors (Lipinski definition) is 2. The molecule has 9 heteroatoms. The molecule has 7 nitrogen and oxygen atoms in total. The first-order valence-corrected chi connectivity index (χ1v) is 6.50. The second kappa shape index (κ2) is 7.30. The molecule has 0 aliphatic carbocycles. The summed E-state index contributed by atoms with van der Waals surface area (Å²) in [5.41, 5.74) is 0.651. The highest BCUT2D eigenvalue weighted by Gasteiger charge is 2.21. The van der Waals surface area contributed by atoms with Gasteiger partial charge in [-0.2, -0.15) is 5.10 Å². The summed E-state index contributed by atoms with van der Waals surface area (Å²) in [6.45, 7) is 1.52. The smallest absolute Gasteiger partial charge is 0.243 e. The van der Waals surface area contributed by atoms with Crippen LogP contribution in [0.2, 0.25) is 0 Å². The van der Waals surface area contributed by atoms with E-state index in [1.807, 2.05) is 0 Å². The number of nitrogens with zero attached hydrogens (tertiary/aromatic N) is 3. The molecule has 1 atom stereocenters. The first-order valence-electron chi connectivity index (χ1n) is 6.50. The van der Waals surface area contributed by atoms with Crippen LogP contribution in [0.15, 0.2) is 30.9 Å². The van der Waals surface area contributed by atoms with Crippen molar-refractivity contribution in [1.29, 1.82) is 0 Å². The molecule has 2 N–H and O–H groups in total. The Hall–Kier alpha value is -2.03. The molecule has 1 aliphatic rings. The van der Waals surface area contributed by atoms with Gasteiger partial charge in [-0.15, -0.1) is 12.4 Å². The number of rotatable bonds is 3. The summed E-state index contributed by atoms with van der Waals surface area (Å²) >= 11 is 0. The lowest BCUT2D eigenvalue weighted by molar-refractivity contribution is -0.120. The number of nitrogens with one attached hydrogen (secondary N) is 2. The Balaban J connectivity index is 0.00000176. The molecule has 1 fully saturated rings. The summed E-state index contributed by atoms with van der Waals surface area (Å²) < 4.78 is 20.6. The molecule has 1 unspecified atom stereocenters. The maximum Gasteiger partial charge on any atom is 0.243 e. The monoisotopic (exact) mass is 327 g/mol. The predicted molar refractivity (Wildman–Crippen MR) is 79.8 cm³/mol. The molecule has 2 aromatic rings. The van der Waals surface area contributed by atoms with E-state index in [0.29, 0.717) is 25.4 Å². The van der Waals surface area contributed by atoms with Gasteiger partial charge in [0.2, 0.25) is 5.91 Å². The van der Waals surface area contributed by atoms with E-state index < -0.39 is 11.9 Å². The fraction of sp³-hybridized carbons (Fsp3) is 0.308. The third-order valence-corrected chi connectivity index (χ3v) is 3.12. The van der Waals surface area contributed by atoms with Gasteiger partial charge < -0.3 is 15.4 Å². The van der Waals surface area contributed by atoms with E-state index in [4.69, 9.17) is 4.74 Å². The highest BCUT2D eigenvalue weighted by molar-refractivity contribution is 5.95. The van der Waals surface area contributed by atoms with Gasteiger partial charge in [-0.05, 0) is 18.2 Å². The van der Waals surface area contributed by atoms with Gasteiger partial charge in [-0.25, -0.2) is 14.1 Å². The number of benzene rings is 1. The standard InChI is InChI=1S/C13H14FN5O2.ClH/c14-10-5-9(1-2-12(10)19-8-15-7-17-19)18-13(20)11-6-21-4-3-16-11;/h1-2,5,7-8,11,16H,3-4,6H2,(H,18,20);1H. The Morgan fingerprint density at radius 3 is 3.00 bits per heavy atom. The molecule has 1 amide bonds. The van der Waals surface area contributed by atoms with Crippen LogP contribution in [-0.2, 0) is 9.53 Å². The molecule has 0 radical (unpaired) electrons. The molecule has 22 heavy (non-hydrogen) atoms. The van der Waals surface area contributed by atoms with Crippen molar-refractivity contribution in [3.63, 3.8) is 0 Å². The number of morpholine rings is 1. The van der Waals surface area contributed by atoms with Crippen molar-refractivity contribution in [3.8, 4) is 5.69 Å². The number of anilines is 1. The van der Waals surface area contributed by atoms with Crippen LogP contribution in [0.4, 0.5) is 10.1 Å². The maximum absolute atomic E-state index is 14.0. The number of amides is 1. The lowest BCUT2D eigenvalue weighted by Gasteiger charge is -2.22. The van der Waals surface area contributed by atoms with Gasteiger partial charge >= 0.3 is 0 Å². The number of halogens is 2. The molecule has 118 valence electrons. The molecule has 0 bridgehead atoms. The Morgan fingerprint density at radius 1 is 1.50 bits per heavy atom. The maximum atomic E-state index is 14.0. The molecule has 0 saturated carbocycles. The van der Waals surface area contributed by atoms with Crippen LogP contribution in [0.1, 0.15) is 0 Å². The SMILES string of the molecule is Cl.O=C(Nc1ccc(-n2cncn2)c(F)c1)C1COCCN1. The van der Waals surface area contributed by atoms with E-state index in [2.05, 4.69) is 20.7 Å². The van der Waals surface area contributed by atoms with E-state index >= 15 is 0 Å². The highest BCUT2D eigenvalue weighted by Crippen LogP contribution is 2.17. The normalized spacial score (nSPS) is 17.6. The minimum Gasteiger partial charge on any atom is -0.378 e. The second-order valence-electron chi connectivity index (χ2n) is 4.58. The molecule has 1 aromatic carbocycles. The van der Waals surface area contributed by atoms with E-state index in [1.165, 1.54) is 29.5 Å². The van der Waals surface area contributed by atoms with Gasteiger partial charge in [0.05, 0.1) is 13.2 Å². The van der Waals surface area contributed by atoms with Gasteiger partial charge in [-0.3, -0.25) is 4.79 Å². The van der Waals surface area contributed by atoms with Crippen molar-refractivity contribution in [1.82, 2.24) is 20.1 Å². The van der Waals surface area contributed by atoms with Crippen LogP contribution in [-0.4, -0.2) is 46.5 Å². The van der Waals surface area contributed by atoms with Crippen LogP contribution in [0.3, 0.4) is 0 Å². The van der Waals surface area contributed by atoms with Crippen molar-refractivity contribution in [2.24, 2.45) is 0 Å². The average Bonchev–Trinajstić information content (AvgIpc) is 3.02. The summed E-state index contributed by atoms with van der Waals surface area (Å²) in [5, 5.41) is 9.56. The third-order valence-electron chi connectivity index (χ3n) is 3.12. The average molecular weight is 328 g/mol. The van der Waals surface area contributed by atoms with Crippen molar-refractivity contribution >= 4 is 24.0 Å². The second-order valence-corrected chi connectivity index (χ2v) is 4.58. The van der Waals surface area contributed by atoms with Crippen LogP contribution >= 0.6 is 12.4 Å². The number of aromatic nitrogens is 3. The summed E-state index contributed by atoms with van der Waals surface area (Å²) in [6, 6.07) is 3.97. The Morgan fingerprint density at radius 2 is 2.36 bits per heavy atom. The highest BCUT2D eigenvalue weighted by atomic mass is 35.5. The number of ether oxygens (including phenoxy) is 1. The van der Waals surface area contributed by atoms with Gasteiger partial charge in [0.1, 0.15) is 24.4 Å². The first kappa shape index (κ1) is 16.3. The zero-order valence-corrected chi connectivity index (χ0v) is 12.3. The van der Waals surface area contributed by atoms with E-state index in [9.17, 15) is 9.18 Å². The molecular formula is C13H15ClFN5O2. The quantitative estimate of drug-likeness (QED) is 0.869. The fourth-order valence-corrected chi connectivity index (χ4v) is 2.07. The number of carbonyl (C=O) groups excluding carboxylic acids is 1. The summed E-state index contributed by atoms with van der Waals surface area (Å²) in [6.07, 6.45) is 2.73. The zero-order chi connectivity index (χ0) is 14.7. The Bertz CT molecular complexity index is 631. The Labute approximate surface area is 132 Å². The largest absolute Gasteiger partial charge is 0.378 e. The number of hydrogen-bond acceptors (Lipinski definition) is 5. The van der Waals surface area contributed by atoms with Gasteiger partial charge in [-0.1, -0.05) is 0 Å². The van der Waals surface area contributed by atoms with E-state index in [1.54, 1.807) is 6.07 Å². The molecule has 3 rings (SSSR count). The third kappa shape index (κ3) is 3.59. The molecule has 2 heterocycles. The molecule has 1 aromatic heterocycles. The van der Waals surface area contributed by atoms with Crippen LogP contribution in [0, 0.1) is 5.82 Å². The molecule has 1 saturated heterocycles. The van der Waals surface area contributed by atoms with Crippen LogP contribution < -0.4 is 10.6 Å². The first-order chi connectivity index (χ1) is 10.2. The Kier molecular flexibility index (Phi) is 5.42. The van der Waals surface area contributed by atoms with Crippen LogP contribution in [0.25, 0.3) is 5.69 Å². The summed E-state index contributed by atoms with van der Waals surface area (Å²) in [7, 11) is 0. The van der Waals surface area contributed by atoms with E-state index in [0.717, 1.165) is 0 Å². The zero-order valence-electron chi connectivity index (χ0n) is 11.5. The van der Waals surface area contributed by atoms with Gasteiger partial charge in [0.25, 0.3) is 0 Å². The minimum atomic E-state index is -0.494. The minimum absolute atomic E-state index is 0. The van der Waals surface area contributed by atoms with Crippen molar-refractivity contribution in [2.75, 3.05) is 25.1 Å². The molecular weight excluding hydrogens is 313 g/mol. The van der Waals surface area contributed by atoms with Crippen molar-refractivity contribution in [3.05, 3.63) is 36.7 Å². The topological polar surface area (TPSA) is 81.1 Å². The number of carbonyl (C=O) groups is 1. The summed E-state index contributed by atoms with van der Waals surface area (Å²) in [5.74, 6) is -0.742. The predicted octanol–water partition coefficient (Wildman–Crippen LogP) is 0.755. The van der Waals surface area contributed by atoms with Crippen LogP contribution in [0.5, 0.6) is 0 Å². The van der Waals surface area contributed by atoms with Gasteiger partial charge in [0, 0.05) is 12.2 Å². The lowest BCUT2D eigenvalue weighted by Crippen LogP contribution is -2.48.